The molecule has 1 saturated heterocycles. The second kappa shape index (κ2) is 6.31. The Balaban J connectivity index is 2.33. The van der Waals surface area contributed by atoms with Crippen molar-refractivity contribution in [2.24, 2.45) is 5.73 Å². The molecule has 6 nitrogen and oxygen atoms in total. The van der Waals surface area contributed by atoms with Crippen LogP contribution >= 0.6 is 0 Å². The first-order chi connectivity index (χ1) is 10.3. The van der Waals surface area contributed by atoms with Gasteiger partial charge in [0.05, 0.1) is 12.4 Å². The highest BCUT2D eigenvalue weighted by Crippen LogP contribution is 2.33. The number of amides is 1. The first-order valence-electron chi connectivity index (χ1n) is 6.86. The van der Waals surface area contributed by atoms with Crippen molar-refractivity contribution in [1.29, 1.82) is 0 Å². The van der Waals surface area contributed by atoms with Gasteiger partial charge < -0.3 is 10.5 Å². The Bertz CT molecular complexity index is 665. The lowest BCUT2D eigenvalue weighted by Gasteiger charge is -2.34. The van der Waals surface area contributed by atoms with Gasteiger partial charge >= 0.3 is 0 Å². The zero-order valence-electron chi connectivity index (χ0n) is 12.3. The fourth-order valence-corrected chi connectivity index (χ4v) is 4.80. The summed E-state index contributed by atoms with van der Waals surface area (Å²) in [5.74, 6) is -1.62. The van der Waals surface area contributed by atoms with E-state index in [1.807, 2.05) is 0 Å². The van der Waals surface area contributed by atoms with E-state index in [1.165, 1.54) is 25.3 Å². The van der Waals surface area contributed by atoms with Gasteiger partial charge in [0.15, 0.2) is 0 Å². The van der Waals surface area contributed by atoms with Crippen LogP contribution in [0.5, 0.6) is 0 Å². The highest BCUT2D eigenvalue weighted by atomic mass is 32.2. The molecule has 0 radical (unpaired) electrons. The summed E-state index contributed by atoms with van der Waals surface area (Å²) in [6, 6.07) is 5.38. The number of hydrogen-bond acceptors (Lipinski definition) is 4. The van der Waals surface area contributed by atoms with Gasteiger partial charge in [-0.15, -0.1) is 0 Å². The van der Waals surface area contributed by atoms with Gasteiger partial charge in [-0.2, -0.15) is 4.31 Å². The molecular weight excluding hydrogens is 311 g/mol. The molecular formula is C14H19FN2O4S. The van der Waals surface area contributed by atoms with Crippen LogP contribution in [0.1, 0.15) is 18.4 Å². The molecule has 1 aromatic rings. The zero-order chi connectivity index (χ0) is 16.4. The Labute approximate surface area is 129 Å². The van der Waals surface area contributed by atoms with Gasteiger partial charge in [0, 0.05) is 13.7 Å². The molecule has 1 heterocycles. The van der Waals surface area contributed by atoms with Crippen LogP contribution in [0.15, 0.2) is 24.3 Å². The summed E-state index contributed by atoms with van der Waals surface area (Å²) >= 11 is 0. The number of nitrogens with zero attached hydrogens (tertiary/aromatic N) is 1. The lowest BCUT2D eigenvalue weighted by molar-refractivity contribution is -0.128. The number of carbonyl (C=O) groups is 1. The van der Waals surface area contributed by atoms with E-state index in [4.69, 9.17) is 10.5 Å². The van der Waals surface area contributed by atoms with E-state index in [9.17, 15) is 17.6 Å². The molecule has 0 saturated carbocycles. The number of carbonyl (C=O) groups excluding carboxylic acids is 1. The Morgan fingerprint density at radius 2 is 2.23 bits per heavy atom. The molecule has 0 spiro atoms. The topological polar surface area (TPSA) is 89.7 Å². The maximum absolute atomic E-state index is 13.2. The molecule has 1 amide bonds. The molecule has 1 aliphatic heterocycles. The third-order valence-corrected chi connectivity index (χ3v) is 5.75. The van der Waals surface area contributed by atoms with Gasteiger partial charge in [-0.1, -0.05) is 12.1 Å². The van der Waals surface area contributed by atoms with Gasteiger partial charge in [-0.25, -0.2) is 12.8 Å². The normalized spacial score (nSPS) is 22.8. The molecule has 2 N–H and O–H groups in total. The van der Waals surface area contributed by atoms with E-state index in [2.05, 4.69) is 0 Å². The molecule has 1 unspecified atom stereocenters. The molecule has 2 rings (SSSR count). The van der Waals surface area contributed by atoms with Crippen molar-refractivity contribution in [2.45, 2.75) is 24.1 Å². The molecule has 1 aliphatic rings. The van der Waals surface area contributed by atoms with Crippen molar-refractivity contribution in [3.63, 3.8) is 0 Å². The van der Waals surface area contributed by atoms with Crippen LogP contribution < -0.4 is 5.73 Å². The highest BCUT2D eigenvalue weighted by Gasteiger charge is 2.51. The van der Waals surface area contributed by atoms with Gasteiger partial charge in [0.25, 0.3) is 0 Å². The van der Waals surface area contributed by atoms with Gasteiger partial charge in [-0.3, -0.25) is 4.79 Å². The lowest BCUT2D eigenvalue weighted by Crippen LogP contribution is -2.58. The molecule has 0 bridgehead atoms. The lowest BCUT2D eigenvalue weighted by atomic mass is 9.98. The molecule has 22 heavy (non-hydrogen) atoms. The van der Waals surface area contributed by atoms with Crippen LogP contribution in [0.3, 0.4) is 0 Å². The summed E-state index contributed by atoms with van der Waals surface area (Å²) in [6.07, 6.45) is 0.841. The van der Waals surface area contributed by atoms with Crippen LogP contribution in [0.2, 0.25) is 0 Å². The van der Waals surface area contributed by atoms with E-state index in [-0.39, 0.29) is 18.9 Å². The van der Waals surface area contributed by atoms with Crippen molar-refractivity contribution in [1.82, 2.24) is 4.31 Å². The Morgan fingerprint density at radius 3 is 2.82 bits per heavy atom. The second-order valence-electron chi connectivity index (χ2n) is 5.39. The van der Waals surface area contributed by atoms with E-state index in [0.29, 0.717) is 18.4 Å². The van der Waals surface area contributed by atoms with E-state index in [1.54, 1.807) is 0 Å². The third kappa shape index (κ3) is 3.13. The SMILES string of the molecule is COCC1(C(N)=O)CCCN1S(=O)(=O)Cc1cccc(F)c1. The molecule has 0 aliphatic carbocycles. The first-order valence-corrected chi connectivity index (χ1v) is 8.46. The molecule has 8 heteroatoms. The third-order valence-electron chi connectivity index (χ3n) is 3.84. The average molecular weight is 330 g/mol. The fraction of sp³-hybridized carbons (Fsp3) is 0.500. The number of methoxy groups -OCH3 is 1. The number of primary amides is 1. The number of nitrogens with two attached hydrogens (primary N) is 1. The quantitative estimate of drug-likeness (QED) is 0.828. The van der Waals surface area contributed by atoms with Gasteiger partial charge in [0.1, 0.15) is 11.4 Å². The zero-order valence-corrected chi connectivity index (χ0v) is 13.1. The number of rotatable bonds is 6. The largest absolute Gasteiger partial charge is 0.382 e. The maximum Gasteiger partial charge on any atom is 0.241 e. The van der Waals surface area contributed by atoms with Gasteiger partial charge in [-0.05, 0) is 30.5 Å². The van der Waals surface area contributed by atoms with Crippen molar-refractivity contribution in [3.05, 3.63) is 35.6 Å². The van der Waals surface area contributed by atoms with Crippen LogP contribution in [-0.2, 0) is 25.3 Å². The van der Waals surface area contributed by atoms with Crippen LogP contribution in [0.25, 0.3) is 0 Å². The fourth-order valence-electron chi connectivity index (χ4n) is 2.87. The summed E-state index contributed by atoms with van der Waals surface area (Å²) in [5, 5.41) is 0. The minimum atomic E-state index is -3.82. The number of halogens is 1. The number of benzene rings is 1. The van der Waals surface area contributed by atoms with Crippen LogP contribution in [-0.4, -0.2) is 44.4 Å². The van der Waals surface area contributed by atoms with Crippen molar-refractivity contribution in [2.75, 3.05) is 20.3 Å². The standard InChI is InChI=1S/C14H19FN2O4S/c1-21-10-14(13(16)18)6-3-7-17(14)22(19,20)9-11-4-2-5-12(15)8-11/h2,4-5,8H,3,6-7,9-10H2,1H3,(H2,16,18). The minimum absolute atomic E-state index is 0.0925. The minimum Gasteiger partial charge on any atom is -0.382 e. The molecule has 122 valence electrons. The van der Waals surface area contributed by atoms with Crippen molar-refractivity contribution in [3.8, 4) is 0 Å². The monoisotopic (exact) mass is 330 g/mol. The van der Waals surface area contributed by atoms with Crippen molar-refractivity contribution >= 4 is 15.9 Å². The summed E-state index contributed by atoms with van der Waals surface area (Å²) < 4.78 is 44.6. The summed E-state index contributed by atoms with van der Waals surface area (Å²) in [6.45, 7) is 0.106. The summed E-state index contributed by atoms with van der Waals surface area (Å²) in [4.78, 5) is 11.9. The average Bonchev–Trinajstić information content (AvgIpc) is 2.84. The van der Waals surface area contributed by atoms with E-state index < -0.39 is 27.3 Å². The number of sulfonamides is 1. The van der Waals surface area contributed by atoms with Crippen LogP contribution in [0, 0.1) is 5.82 Å². The van der Waals surface area contributed by atoms with Crippen LogP contribution in [0.4, 0.5) is 4.39 Å². The summed E-state index contributed by atoms with van der Waals surface area (Å²) in [7, 11) is -2.43. The van der Waals surface area contributed by atoms with E-state index in [0.717, 1.165) is 10.4 Å². The highest BCUT2D eigenvalue weighted by molar-refractivity contribution is 7.88. The Morgan fingerprint density at radius 1 is 1.50 bits per heavy atom. The Hall–Kier alpha value is -1.51. The Kier molecular flexibility index (Phi) is 4.84. The summed E-state index contributed by atoms with van der Waals surface area (Å²) in [5.41, 5.74) is 4.40. The van der Waals surface area contributed by atoms with Gasteiger partial charge in [0.2, 0.25) is 15.9 Å². The van der Waals surface area contributed by atoms with E-state index >= 15 is 0 Å². The molecule has 1 aromatic carbocycles. The number of ether oxygens (including phenoxy) is 1. The molecule has 0 aromatic heterocycles. The van der Waals surface area contributed by atoms with Crippen molar-refractivity contribution < 1.29 is 22.3 Å². The maximum atomic E-state index is 13.2. The molecule has 1 atom stereocenters. The predicted octanol–water partition coefficient (Wildman–Crippen LogP) is 0.622. The first kappa shape index (κ1) is 16.9. The number of hydrogen-bond donors (Lipinski definition) is 1. The molecule has 1 fully saturated rings. The second-order valence-corrected chi connectivity index (χ2v) is 7.28. The predicted molar refractivity (Wildman–Crippen MR) is 78.8 cm³/mol. The smallest absolute Gasteiger partial charge is 0.241 e.